The molecule has 0 aromatic heterocycles. The molecule has 0 heterocycles. The van der Waals surface area contributed by atoms with Crippen molar-refractivity contribution in [3.8, 4) is 23.0 Å². The van der Waals surface area contributed by atoms with E-state index in [-0.39, 0.29) is 71.9 Å². The molecule has 374 valence electrons. The van der Waals surface area contributed by atoms with Crippen molar-refractivity contribution in [1.82, 2.24) is 0 Å². The van der Waals surface area contributed by atoms with E-state index in [1.165, 1.54) is 66.7 Å². The van der Waals surface area contributed by atoms with Gasteiger partial charge in [0.1, 0.15) is 49.7 Å². The lowest BCUT2D eigenvalue weighted by molar-refractivity contribution is -0.435. The third-order valence-electron chi connectivity index (χ3n) is 10.4. The van der Waals surface area contributed by atoms with E-state index < -0.39 is 94.4 Å². The van der Waals surface area contributed by atoms with Crippen molar-refractivity contribution in [2.24, 2.45) is 25.6 Å². The van der Waals surface area contributed by atoms with Crippen molar-refractivity contribution in [2.75, 3.05) is 10.6 Å². The SMILES string of the molecule is O=S(=O)(O)c1cccc(Nc2ccc3cc(S(=O)(=O)O)c(N=Nc4ccc(N=[N+]([O-])c5ccc(N=Nc6c(S(=O)(=O)O)cc7ccc(Nc8cccc(S(=O)(=O)O)c8)cc7c6O)c(O)c5)cc4O)c(O)c3c2)c1. The van der Waals surface area contributed by atoms with Crippen molar-refractivity contribution in [2.45, 2.75) is 19.6 Å². The molecule has 29 heteroatoms. The maximum Gasteiger partial charge on any atom is 0.296 e. The van der Waals surface area contributed by atoms with Crippen LogP contribution < -0.4 is 10.6 Å². The minimum atomic E-state index is -5.06. The highest BCUT2D eigenvalue weighted by molar-refractivity contribution is 7.86. The average molecular weight is 1070 g/mol. The summed E-state index contributed by atoms with van der Waals surface area (Å²) in [6, 6.07) is 26.8. The third-order valence-corrected chi connectivity index (χ3v) is 13.8. The number of fused-ring (bicyclic) bond motifs is 2. The van der Waals surface area contributed by atoms with Gasteiger partial charge in [-0.3, -0.25) is 18.2 Å². The van der Waals surface area contributed by atoms with Crippen LogP contribution in [0.1, 0.15) is 0 Å². The first-order valence-corrected chi connectivity index (χ1v) is 25.9. The second-order valence-electron chi connectivity index (χ2n) is 15.3. The Morgan fingerprint density at radius 3 is 1.27 bits per heavy atom. The number of nitrogens with zero attached hydrogens (tertiary/aromatic N) is 6. The zero-order chi connectivity index (χ0) is 52.8. The first kappa shape index (κ1) is 50.7. The predicted octanol–water partition coefficient (Wildman–Crippen LogP) is 10.0. The first-order chi connectivity index (χ1) is 34.2. The van der Waals surface area contributed by atoms with Gasteiger partial charge >= 0.3 is 0 Å². The maximum absolute atomic E-state index is 13.1. The lowest BCUT2D eigenvalue weighted by Gasteiger charge is -2.12. The lowest BCUT2D eigenvalue weighted by atomic mass is 10.1. The van der Waals surface area contributed by atoms with Crippen molar-refractivity contribution >= 4 is 119 Å². The van der Waals surface area contributed by atoms with Crippen LogP contribution in [0.3, 0.4) is 0 Å². The van der Waals surface area contributed by atoms with Crippen LogP contribution in [-0.4, -0.2) is 77.2 Å². The van der Waals surface area contributed by atoms with Crippen molar-refractivity contribution in [3.63, 3.8) is 0 Å². The molecule has 8 rings (SSSR count). The van der Waals surface area contributed by atoms with Gasteiger partial charge < -0.3 is 36.3 Å². The normalized spacial score (nSPS) is 12.8. The van der Waals surface area contributed by atoms with E-state index in [2.05, 4.69) is 36.2 Å². The van der Waals surface area contributed by atoms with Crippen molar-refractivity contribution in [3.05, 3.63) is 139 Å². The molecule has 0 radical (unpaired) electrons. The van der Waals surface area contributed by atoms with E-state index in [4.69, 9.17) is 0 Å². The summed E-state index contributed by atoms with van der Waals surface area (Å²) in [5.41, 5.74) is -1.78. The van der Waals surface area contributed by atoms with Gasteiger partial charge in [-0.05, 0) is 107 Å². The van der Waals surface area contributed by atoms with Crippen LogP contribution in [0.5, 0.6) is 23.0 Å². The Kier molecular flexibility index (Phi) is 13.3. The highest BCUT2D eigenvalue weighted by atomic mass is 32.2. The number of anilines is 4. The summed E-state index contributed by atoms with van der Waals surface area (Å²) in [5.74, 6) is -2.94. The minimum absolute atomic E-state index is 0.0128. The number of nitrogens with one attached hydrogen (secondary N) is 2. The highest BCUT2D eigenvalue weighted by Crippen LogP contribution is 2.45. The molecule has 0 bridgehead atoms. The molecule has 0 atom stereocenters. The number of hydrogen-bond donors (Lipinski definition) is 10. The molecule has 73 heavy (non-hydrogen) atoms. The molecule has 0 spiro atoms. The van der Waals surface area contributed by atoms with Gasteiger partial charge in [0, 0.05) is 50.8 Å². The number of rotatable bonds is 14. The Labute approximate surface area is 411 Å². The van der Waals surface area contributed by atoms with Gasteiger partial charge in [-0.15, -0.1) is 20.5 Å². The smallest absolute Gasteiger partial charge is 0.296 e. The summed E-state index contributed by atoms with van der Waals surface area (Å²) in [7, 11) is -19.2. The third kappa shape index (κ3) is 11.3. The van der Waals surface area contributed by atoms with Crippen LogP contribution in [0.15, 0.2) is 179 Å². The van der Waals surface area contributed by atoms with Gasteiger partial charge in [0.15, 0.2) is 11.5 Å². The average Bonchev–Trinajstić information content (AvgIpc) is 3.31. The number of phenols is 4. The van der Waals surface area contributed by atoms with Gasteiger partial charge in [-0.1, -0.05) is 24.3 Å². The number of aromatic hydroxyl groups is 4. The Hall–Kier alpha value is -8.68. The Morgan fingerprint density at radius 2 is 0.863 bits per heavy atom. The van der Waals surface area contributed by atoms with Gasteiger partial charge in [0.05, 0.1) is 15.9 Å². The van der Waals surface area contributed by atoms with Crippen molar-refractivity contribution < 1.29 is 77.2 Å². The Morgan fingerprint density at radius 1 is 0.438 bits per heavy atom. The quantitative estimate of drug-likeness (QED) is 0.0209. The maximum atomic E-state index is 13.1. The fourth-order valence-electron chi connectivity index (χ4n) is 6.97. The monoisotopic (exact) mass is 1070 g/mol. The second-order valence-corrected chi connectivity index (χ2v) is 21.0. The zero-order valence-electron chi connectivity index (χ0n) is 36.3. The standard InChI is InChI=1S/C44H32N8O17S4/c53-37-21-29(11-13-35(37)47-49-41-39(72(64,65)66)15-23-7-9-27(19-33(23)43(41)55)45-25-3-1-5-31(17-25)70(58,59)60)51-52(57)30-12-14-36(38(54)22-30)48-50-42-40(73(67,68)69)16-24-8-10-28(20-34(24)44(42)56)46-26-4-2-6-32(18-26)71(61,62)63/h1-22,45-46,53-56H,(H,58,59,60)(H,61,62,63)(H,64,65,66)(H,67,68,69). The largest absolute Gasteiger partial charge is 0.594 e. The molecule has 10 N–H and O–H groups in total. The molecule has 25 nitrogen and oxygen atoms in total. The number of benzene rings is 8. The fourth-order valence-corrected chi connectivity index (χ4v) is 9.34. The van der Waals surface area contributed by atoms with Gasteiger partial charge in [0.25, 0.3) is 40.5 Å². The summed E-state index contributed by atoms with van der Waals surface area (Å²) >= 11 is 0. The number of phenolic OH excluding ortho intramolecular Hbond substituents is 4. The topological polar surface area (TPSA) is 410 Å². The van der Waals surface area contributed by atoms with E-state index in [9.17, 15) is 77.5 Å². The summed E-state index contributed by atoms with van der Waals surface area (Å²) < 4.78 is 135. The van der Waals surface area contributed by atoms with Gasteiger partial charge in [-0.25, -0.2) is 0 Å². The zero-order valence-corrected chi connectivity index (χ0v) is 39.5. The first-order valence-electron chi connectivity index (χ1n) is 20.1. The molecule has 0 saturated carbocycles. The lowest BCUT2D eigenvalue weighted by Crippen LogP contribution is -2.00. The highest BCUT2D eigenvalue weighted by Gasteiger charge is 2.25. The summed E-state index contributed by atoms with van der Waals surface area (Å²) in [4.78, 5) is -2.53. The minimum Gasteiger partial charge on any atom is -0.594 e. The van der Waals surface area contributed by atoms with Crippen LogP contribution in [-0.2, 0) is 40.5 Å². The van der Waals surface area contributed by atoms with E-state index in [0.29, 0.717) is 0 Å². The van der Waals surface area contributed by atoms with Crippen LogP contribution >= 0.6 is 0 Å². The van der Waals surface area contributed by atoms with Crippen LogP contribution in [0, 0.1) is 5.21 Å². The summed E-state index contributed by atoms with van der Waals surface area (Å²) in [6.45, 7) is 0. The molecule has 8 aromatic rings. The van der Waals surface area contributed by atoms with E-state index in [1.807, 2.05) is 0 Å². The molecular formula is C44H32N8O17S4. The number of hydrogen-bond acceptors (Lipinski definition) is 20. The summed E-state index contributed by atoms with van der Waals surface area (Å²) in [5, 5.41) is 82.0. The molecule has 0 amide bonds. The number of azo groups is 3. The predicted molar refractivity (Wildman–Crippen MR) is 260 cm³/mol. The van der Waals surface area contributed by atoms with Crippen LogP contribution in [0.4, 0.5) is 56.9 Å². The molecule has 0 aliphatic heterocycles. The Balaban J connectivity index is 1.03. The van der Waals surface area contributed by atoms with Gasteiger partial charge in [-0.2, -0.15) is 33.7 Å². The van der Waals surface area contributed by atoms with Crippen molar-refractivity contribution in [1.29, 1.82) is 0 Å². The molecule has 8 aromatic carbocycles. The second kappa shape index (κ2) is 19.2. The molecule has 0 fully saturated rings. The molecular weight excluding hydrogens is 1040 g/mol. The fraction of sp³-hybridized carbons (Fsp3) is 0. The molecule has 0 aliphatic carbocycles. The molecule has 0 unspecified atom stereocenters. The van der Waals surface area contributed by atoms with E-state index in [0.717, 1.165) is 66.7 Å². The van der Waals surface area contributed by atoms with Crippen LogP contribution in [0.2, 0.25) is 0 Å². The summed E-state index contributed by atoms with van der Waals surface area (Å²) in [6.07, 6.45) is 0. The molecule has 0 saturated heterocycles. The van der Waals surface area contributed by atoms with Crippen LogP contribution in [0.25, 0.3) is 21.5 Å². The van der Waals surface area contributed by atoms with E-state index in [1.54, 1.807) is 0 Å². The van der Waals surface area contributed by atoms with Gasteiger partial charge in [0.2, 0.25) is 5.69 Å². The van der Waals surface area contributed by atoms with E-state index >= 15 is 0 Å². The Bertz CT molecular complexity index is 4180. The molecule has 0 aliphatic rings.